The Hall–Kier alpha value is -2.43. The topological polar surface area (TPSA) is 53.2 Å². The third-order valence-corrected chi connectivity index (χ3v) is 4.03. The first kappa shape index (κ1) is 14.5. The lowest BCUT2D eigenvalue weighted by Crippen LogP contribution is -2.34. The number of likely N-dealkylation sites (tertiary alicyclic amines) is 1. The van der Waals surface area contributed by atoms with Crippen LogP contribution in [0.5, 0.6) is 0 Å². The summed E-state index contributed by atoms with van der Waals surface area (Å²) >= 11 is 0. The van der Waals surface area contributed by atoms with E-state index in [2.05, 4.69) is 4.98 Å². The van der Waals surface area contributed by atoms with Crippen molar-refractivity contribution in [3.8, 4) is 0 Å². The van der Waals surface area contributed by atoms with Crippen molar-refractivity contribution in [2.24, 2.45) is 0 Å². The van der Waals surface area contributed by atoms with Crippen molar-refractivity contribution < 1.29 is 9.18 Å². The van der Waals surface area contributed by atoms with Gasteiger partial charge in [-0.2, -0.15) is 0 Å². The molecule has 0 aliphatic carbocycles. The summed E-state index contributed by atoms with van der Waals surface area (Å²) in [6.07, 6.45) is 1.62. The Bertz CT molecular complexity index is 769. The predicted octanol–water partition coefficient (Wildman–Crippen LogP) is 2.80. The molecule has 1 aromatic carbocycles. The zero-order chi connectivity index (χ0) is 15.7. The monoisotopic (exact) mass is 300 g/mol. The van der Waals surface area contributed by atoms with Crippen LogP contribution in [0.4, 0.5) is 4.39 Å². The smallest absolute Gasteiger partial charge is 0.260 e. The molecule has 3 rings (SSSR count). The lowest BCUT2D eigenvalue weighted by Gasteiger charge is -2.25. The fourth-order valence-corrected chi connectivity index (χ4v) is 2.97. The van der Waals surface area contributed by atoms with Crippen LogP contribution in [-0.4, -0.2) is 22.3 Å². The Morgan fingerprint density at radius 1 is 1.32 bits per heavy atom. The molecular weight excluding hydrogens is 283 g/mol. The van der Waals surface area contributed by atoms with Gasteiger partial charge in [0.15, 0.2) is 0 Å². The van der Waals surface area contributed by atoms with Crippen molar-refractivity contribution in [1.82, 2.24) is 9.88 Å². The van der Waals surface area contributed by atoms with Gasteiger partial charge >= 0.3 is 0 Å². The second-order valence-corrected chi connectivity index (χ2v) is 5.60. The quantitative estimate of drug-likeness (QED) is 0.927. The van der Waals surface area contributed by atoms with Crippen LogP contribution in [0.15, 0.2) is 41.2 Å². The lowest BCUT2D eigenvalue weighted by molar-refractivity contribution is 0.0733. The van der Waals surface area contributed by atoms with Gasteiger partial charge in [-0.3, -0.25) is 9.59 Å². The lowest BCUT2D eigenvalue weighted by atomic mass is 10.0. The van der Waals surface area contributed by atoms with Gasteiger partial charge in [0.25, 0.3) is 11.5 Å². The third-order valence-electron chi connectivity index (χ3n) is 4.03. The highest BCUT2D eigenvalue weighted by Crippen LogP contribution is 2.32. The van der Waals surface area contributed by atoms with Crippen molar-refractivity contribution in [3.05, 3.63) is 69.4 Å². The number of halogens is 1. The number of benzene rings is 1. The van der Waals surface area contributed by atoms with E-state index in [4.69, 9.17) is 0 Å². The first-order valence-corrected chi connectivity index (χ1v) is 7.32. The molecule has 22 heavy (non-hydrogen) atoms. The second-order valence-electron chi connectivity index (χ2n) is 5.60. The first-order chi connectivity index (χ1) is 10.6. The molecule has 0 radical (unpaired) electrons. The van der Waals surface area contributed by atoms with E-state index < -0.39 is 0 Å². The molecule has 1 N–H and O–H groups in total. The summed E-state index contributed by atoms with van der Waals surface area (Å²) in [6.45, 7) is 2.34. The number of rotatable bonds is 2. The highest BCUT2D eigenvalue weighted by Gasteiger charge is 2.31. The summed E-state index contributed by atoms with van der Waals surface area (Å²) < 4.78 is 13.4. The minimum Gasteiger partial charge on any atom is -0.331 e. The average molecular weight is 300 g/mol. The van der Waals surface area contributed by atoms with Gasteiger partial charge in [-0.25, -0.2) is 4.39 Å². The van der Waals surface area contributed by atoms with Gasteiger partial charge in [0.1, 0.15) is 11.4 Å². The maximum Gasteiger partial charge on any atom is 0.260 e. The minimum absolute atomic E-state index is 0.133. The van der Waals surface area contributed by atoms with Gasteiger partial charge < -0.3 is 9.88 Å². The SMILES string of the molecule is Cc1ccc(C(=O)N2CCCC2c2cccc(F)c2)c(=O)[nH]1. The molecular formula is C17H17FN2O2. The number of carbonyl (C=O) groups excluding carboxylic acids is 1. The zero-order valence-electron chi connectivity index (χ0n) is 12.3. The summed E-state index contributed by atoms with van der Waals surface area (Å²) in [5.41, 5.74) is 1.24. The van der Waals surface area contributed by atoms with Crippen LogP contribution in [0, 0.1) is 12.7 Å². The molecule has 5 heteroatoms. The van der Waals surface area contributed by atoms with Gasteiger partial charge in [-0.15, -0.1) is 0 Å². The number of nitrogens with zero attached hydrogens (tertiary/aromatic N) is 1. The molecule has 1 amide bonds. The molecule has 2 aromatic rings. The number of hydrogen-bond donors (Lipinski definition) is 1. The molecule has 1 aliphatic rings. The van der Waals surface area contributed by atoms with Gasteiger partial charge in [0, 0.05) is 12.2 Å². The number of aryl methyl sites for hydroxylation is 1. The number of aromatic nitrogens is 1. The summed E-state index contributed by atoms with van der Waals surface area (Å²) in [5.74, 6) is -0.613. The first-order valence-electron chi connectivity index (χ1n) is 7.32. The maximum atomic E-state index is 13.4. The number of aromatic amines is 1. The standard InChI is InChI=1S/C17H17FN2O2/c1-11-7-8-14(16(21)19-11)17(22)20-9-3-6-15(20)12-4-2-5-13(18)10-12/h2,4-5,7-8,10,15H,3,6,9H2,1H3,(H,19,21). The van der Waals surface area contributed by atoms with Gasteiger partial charge in [-0.05, 0) is 49.6 Å². The molecule has 1 atom stereocenters. The van der Waals surface area contributed by atoms with Crippen LogP contribution in [0.1, 0.15) is 40.5 Å². The Labute approximate surface area is 127 Å². The molecule has 114 valence electrons. The Balaban J connectivity index is 1.93. The predicted molar refractivity (Wildman–Crippen MR) is 81.2 cm³/mol. The average Bonchev–Trinajstić information content (AvgIpc) is 2.96. The molecule has 0 bridgehead atoms. The molecule has 2 heterocycles. The Morgan fingerprint density at radius 2 is 2.14 bits per heavy atom. The second kappa shape index (κ2) is 5.75. The third kappa shape index (κ3) is 2.66. The van der Waals surface area contributed by atoms with Crippen molar-refractivity contribution >= 4 is 5.91 Å². The van der Waals surface area contributed by atoms with E-state index in [0.29, 0.717) is 12.2 Å². The minimum atomic E-state index is -0.380. The van der Waals surface area contributed by atoms with E-state index in [1.165, 1.54) is 12.1 Å². The van der Waals surface area contributed by atoms with Crippen LogP contribution >= 0.6 is 0 Å². The molecule has 0 spiro atoms. The number of H-pyrrole nitrogens is 1. The molecule has 0 saturated carbocycles. The number of pyridine rings is 1. The Morgan fingerprint density at radius 3 is 2.86 bits per heavy atom. The van der Waals surface area contributed by atoms with Crippen LogP contribution in [-0.2, 0) is 0 Å². The number of carbonyl (C=O) groups is 1. The van der Waals surface area contributed by atoms with E-state index in [0.717, 1.165) is 18.4 Å². The fraction of sp³-hybridized carbons (Fsp3) is 0.294. The maximum absolute atomic E-state index is 13.4. The van der Waals surface area contributed by atoms with E-state index in [9.17, 15) is 14.0 Å². The fourth-order valence-electron chi connectivity index (χ4n) is 2.97. The largest absolute Gasteiger partial charge is 0.331 e. The van der Waals surface area contributed by atoms with E-state index in [1.807, 2.05) is 6.07 Å². The highest BCUT2D eigenvalue weighted by atomic mass is 19.1. The van der Waals surface area contributed by atoms with E-state index in [1.54, 1.807) is 30.0 Å². The molecule has 1 aliphatic heterocycles. The number of hydrogen-bond acceptors (Lipinski definition) is 2. The molecule has 1 saturated heterocycles. The molecule has 1 fully saturated rings. The molecule has 1 aromatic heterocycles. The van der Waals surface area contributed by atoms with Crippen molar-refractivity contribution in [3.63, 3.8) is 0 Å². The number of amides is 1. The van der Waals surface area contributed by atoms with Gasteiger partial charge in [0.05, 0.1) is 6.04 Å². The van der Waals surface area contributed by atoms with Crippen molar-refractivity contribution in [2.75, 3.05) is 6.54 Å². The van der Waals surface area contributed by atoms with Crippen LogP contribution in [0.25, 0.3) is 0 Å². The summed E-state index contributed by atoms with van der Waals surface area (Å²) in [5, 5.41) is 0. The van der Waals surface area contributed by atoms with Crippen LogP contribution in [0.3, 0.4) is 0 Å². The zero-order valence-corrected chi connectivity index (χ0v) is 12.3. The van der Waals surface area contributed by atoms with Gasteiger partial charge in [0.2, 0.25) is 0 Å². The van der Waals surface area contributed by atoms with Crippen molar-refractivity contribution in [2.45, 2.75) is 25.8 Å². The number of nitrogens with one attached hydrogen (secondary N) is 1. The van der Waals surface area contributed by atoms with E-state index in [-0.39, 0.29) is 28.9 Å². The van der Waals surface area contributed by atoms with Crippen LogP contribution < -0.4 is 5.56 Å². The summed E-state index contributed by atoms with van der Waals surface area (Å²) in [7, 11) is 0. The molecule has 4 nitrogen and oxygen atoms in total. The highest BCUT2D eigenvalue weighted by molar-refractivity contribution is 5.94. The van der Waals surface area contributed by atoms with Crippen molar-refractivity contribution in [1.29, 1.82) is 0 Å². The normalized spacial score (nSPS) is 17.7. The van der Waals surface area contributed by atoms with E-state index >= 15 is 0 Å². The van der Waals surface area contributed by atoms with Crippen LogP contribution in [0.2, 0.25) is 0 Å². The summed E-state index contributed by atoms with van der Waals surface area (Å²) in [6, 6.07) is 9.39. The molecule has 1 unspecified atom stereocenters. The summed E-state index contributed by atoms with van der Waals surface area (Å²) in [4.78, 5) is 28.9. The van der Waals surface area contributed by atoms with Gasteiger partial charge in [-0.1, -0.05) is 12.1 Å². The Kier molecular flexibility index (Phi) is 3.79.